The summed E-state index contributed by atoms with van der Waals surface area (Å²) in [5.41, 5.74) is -0.375. The van der Waals surface area contributed by atoms with Crippen molar-refractivity contribution in [2.45, 2.75) is 51.6 Å². The summed E-state index contributed by atoms with van der Waals surface area (Å²) >= 11 is 0. The quantitative estimate of drug-likeness (QED) is 0.803. The maximum atomic E-state index is 11.9. The van der Waals surface area contributed by atoms with Crippen LogP contribution in [-0.4, -0.2) is 36.4 Å². The summed E-state index contributed by atoms with van der Waals surface area (Å²) in [4.78, 5) is 11.9. The van der Waals surface area contributed by atoms with Crippen molar-refractivity contribution >= 4 is 5.91 Å². The van der Waals surface area contributed by atoms with Crippen molar-refractivity contribution in [3.8, 4) is 0 Å². The van der Waals surface area contributed by atoms with Crippen molar-refractivity contribution in [1.29, 1.82) is 0 Å². The van der Waals surface area contributed by atoms with E-state index in [9.17, 15) is 9.90 Å². The van der Waals surface area contributed by atoms with E-state index in [1.54, 1.807) is 0 Å². The molecule has 1 aliphatic heterocycles. The summed E-state index contributed by atoms with van der Waals surface area (Å²) in [7, 11) is 0. The van der Waals surface area contributed by atoms with Crippen LogP contribution in [0.15, 0.2) is 0 Å². The molecule has 1 heterocycles. The maximum absolute atomic E-state index is 11.9. The Bertz CT molecular complexity index is 298. The lowest BCUT2D eigenvalue weighted by atomic mass is 9.71. The number of carbonyl (C=O) groups excluding carboxylic acids is 1. The Morgan fingerprint density at radius 3 is 2.56 bits per heavy atom. The highest BCUT2D eigenvalue weighted by Crippen LogP contribution is 2.39. The minimum Gasteiger partial charge on any atom is -0.388 e. The second-order valence-corrected chi connectivity index (χ2v) is 6.67. The largest absolute Gasteiger partial charge is 0.388 e. The molecule has 0 aromatic heterocycles. The lowest BCUT2D eigenvalue weighted by Crippen LogP contribution is -2.47. The zero-order valence-electron chi connectivity index (χ0n) is 11.5. The van der Waals surface area contributed by atoms with E-state index < -0.39 is 5.60 Å². The van der Waals surface area contributed by atoms with Gasteiger partial charge in [-0.3, -0.25) is 4.79 Å². The summed E-state index contributed by atoms with van der Waals surface area (Å²) in [5.74, 6) is 0.0133. The number of amides is 1. The van der Waals surface area contributed by atoms with E-state index >= 15 is 0 Å². The van der Waals surface area contributed by atoms with E-state index in [0.29, 0.717) is 25.2 Å². The molecule has 0 radical (unpaired) electrons. The van der Waals surface area contributed by atoms with Crippen molar-refractivity contribution in [1.82, 2.24) is 5.32 Å². The van der Waals surface area contributed by atoms with Gasteiger partial charge < -0.3 is 15.2 Å². The van der Waals surface area contributed by atoms with Crippen LogP contribution < -0.4 is 5.32 Å². The fourth-order valence-corrected chi connectivity index (χ4v) is 2.71. The first kappa shape index (κ1) is 13.8. The lowest BCUT2D eigenvalue weighted by Gasteiger charge is -2.40. The maximum Gasteiger partial charge on any atom is 0.225 e. The predicted molar refractivity (Wildman–Crippen MR) is 69.1 cm³/mol. The summed E-state index contributed by atoms with van der Waals surface area (Å²) < 4.78 is 5.20. The van der Waals surface area contributed by atoms with Gasteiger partial charge in [0.25, 0.3) is 0 Å². The van der Waals surface area contributed by atoms with E-state index in [-0.39, 0.29) is 11.8 Å². The zero-order valence-corrected chi connectivity index (χ0v) is 11.5. The third-order valence-electron chi connectivity index (χ3n) is 4.43. The van der Waals surface area contributed by atoms with Gasteiger partial charge in [0.2, 0.25) is 5.91 Å². The Morgan fingerprint density at radius 1 is 1.33 bits per heavy atom. The SMILES string of the molecule is CC1(C)CCC(O)(CNC(=O)C2CCOC2)CC1. The smallest absolute Gasteiger partial charge is 0.225 e. The molecule has 104 valence electrons. The number of aliphatic hydroxyl groups is 1. The standard InChI is InChI=1S/C14H25NO3/c1-13(2)4-6-14(17,7-5-13)10-15-12(16)11-3-8-18-9-11/h11,17H,3-10H2,1-2H3,(H,15,16). The normalized spacial score (nSPS) is 30.1. The van der Waals surface area contributed by atoms with Gasteiger partial charge in [0.15, 0.2) is 0 Å². The minimum atomic E-state index is -0.704. The second-order valence-electron chi connectivity index (χ2n) is 6.67. The summed E-state index contributed by atoms with van der Waals surface area (Å²) in [6.45, 7) is 6.06. The van der Waals surface area contributed by atoms with Gasteiger partial charge in [-0.15, -0.1) is 0 Å². The average molecular weight is 255 g/mol. The van der Waals surface area contributed by atoms with Crippen LogP contribution in [0.3, 0.4) is 0 Å². The first-order chi connectivity index (χ1) is 8.40. The topological polar surface area (TPSA) is 58.6 Å². The first-order valence-electron chi connectivity index (χ1n) is 6.98. The molecular weight excluding hydrogens is 230 g/mol. The summed E-state index contributed by atoms with van der Waals surface area (Å²) in [6.07, 6.45) is 4.40. The number of hydrogen-bond acceptors (Lipinski definition) is 3. The summed E-state index contributed by atoms with van der Waals surface area (Å²) in [5, 5.41) is 13.3. The molecule has 0 bridgehead atoms. The van der Waals surface area contributed by atoms with Crippen LogP contribution in [0, 0.1) is 11.3 Å². The number of carbonyl (C=O) groups is 1. The van der Waals surface area contributed by atoms with Crippen molar-refractivity contribution in [3.05, 3.63) is 0 Å². The highest BCUT2D eigenvalue weighted by atomic mass is 16.5. The molecule has 1 amide bonds. The second kappa shape index (κ2) is 5.17. The fraction of sp³-hybridized carbons (Fsp3) is 0.929. The van der Waals surface area contributed by atoms with Crippen LogP contribution in [0.2, 0.25) is 0 Å². The number of rotatable bonds is 3. The zero-order chi connectivity index (χ0) is 13.2. The van der Waals surface area contributed by atoms with E-state index in [1.165, 1.54) is 0 Å². The molecule has 0 spiro atoms. The molecule has 1 saturated carbocycles. The van der Waals surface area contributed by atoms with Gasteiger partial charge in [-0.25, -0.2) is 0 Å². The van der Waals surface area contributed by atoms with Crippen LogP contribution in [0.25, 0.3) is 0 Å². The van der Waals surface area contributed by atoms with Gasteiger partial charge in [0.05, 0.1) is 18.1 Å². The highest BCUT2D eigenvalue weighted by molar-refractivity contribution is 5.79. The van der Waals surface area contributed by atoms with E-state index in [2.05, 4.69) is 19.2 Å². The minimum absolute atomic E-state index is 0.0198. The molecule has 2 rings (SSSR count). The fourth-order valence-electron chi connectivity index (χ4n) is 2.71. The van der Waals surface area contributed by atoms with Crippen LogP contribution in [0.1, 0.15) is 46.0 Å². The molecule has 0 aromatic carbocycles. The Labute approximate surface area is 109 Å². The number of hydrogen-bond donors (Lipinski definition) is 2. The van der Waals surface area contributed by atoms with Crippen molar-refractivity contribution < 1.29 is 14.6 Å². The van der Waals surface area contributed by atoms with E-state index in [1.807, 2.05) is 0 Å². The average Bonchev–Trinajstić information content (AvgIpc) is 2.85. The molecule has 0 aromatic rings. The molecule has 2 N–H and O–H groups in total. The first-order valence-corrected chi connectivity index (χ1v) is 6.98. The van der Waals surface area contributed by atoms with Crippen LogP contribution in [0.4, 0.5) is 0 Å². The monoisotopic (exact) mass is 255 g/mol. The van der Waals surface area contributed by atoms with Crippen LogP contribution in [-0.2, 0) is 9.53 Å². The summed E-state index contributed by atoms with van der Waals surface area (Å²) in [6, 6.07) is 0. The predicted octanol–water partition coefficient (Wildman–Crippen LogP) is 1.47. The molecule has 4 heteroatoms. The molecule has 18 heavy (non-hydrogen) atoms. The van der Waals surface area contributed by atoms with Gasteiger partial charge in [-0.2, -0.15) is 0 Å². The molecule has 2 aliphatic rings. The molecule has 1 saturated heterocycles. The van der Waals surface area contributed by atoms with Gasteiger partial charge in [0.1, 0.15) is 0 Å². The Balaban J connectivity index is 1.77. The molecule has 1 atom stereocenters. The van der Waals surface area contributed by atoms with Crippen LogP contribution >= 0.6 is 0 Å². The van der Waals surface area contributed by atoms with Crippen molar-refractivity contribution in [2.24, 2.45) is 11.3 Å². The Morgan fingerprint density at radius 2 is 2.00 bits per heavy atom. The lowest BCUT2D eigenvalue weighted by molar-refractivity contribution is -0.126. The van der Waals surface area contributed by atoms with Gasteiger partial charge in [0, 0.05) is 13.2 Å². The number of ether oxygens (including phenoxy) is 1. The molecular formula is C14H25NO3. The van der Waals surface area contributed by atoms with Crippen molar-refractivity contribution in [3.63, 3.8) is 0 Å². The van der Waals surface area contributed by atoms with E-state index in [0.717, 1.165) is 32.1 Å². The Kier molecular flexibility index (Phi) is 3.97. The Hall–Kier alpha value is -0.610. The molecule has 4 nitrogen and oxygen atoms in total. The van der Waals surface area contributed by atoms with Crippen molar-refractivity contribution in [2.75, 3.05) is 19.8 Å². The van der Waals surface area contributed by atoms with Crippen LogP contribution in [0.5, 0.6) is 0 Å². The van der Waals surface area contributed by atoms with Gasteiger partial charge >= 0.3 is 0 Å². The highest BCUT2D eigenvalue weighted by Gasteiger charge is 2.37. The van der Waals surface area contributed by atoms with E-state index in [4.69, 9.17) is 4.74 Å². The third kappa shape index (κ3) is 3.45. The van der Waals surface area contributed by atoms with Gasteiger partial charge in [-0.05, 0) is 37.5 Å². The third-order valence-corrected chi connectivity index (χ3v) is 4.43. The molecule has 1 unspecified atom stereocenters. The number of nitrogens with one attached hydrogen (secondary N) is 1. The van der Waals surface area contributed by atoms with Gasteiger partial charge in [-0.1, -0.05) is 13.8 Å². The molecule has 1 aliphatic carbocycles. The molecule has 2 fully saturated rings.